The smallest absolute Gasteiger partial charge is 0.223 e. The fourth-order valence-corrected chi connectivity index (χ4v) is 2.42. The molecular formula is C13H21N3O. The van der Waals surface area contributed by atoms with E-state index in [0.717, 1.165) is 30.5 Å². The molecule has 0 spiro atoms. The summed E-state index contributed by atoms with van der Waals surface area (Å²) in [5.74, 6) is 0.680. The molecule has 0 bridgehead atoms. The van der Waals surface area contributed by atoms with Crippen LogP contribution in [0.5, 0.6) is 0 Å². The lowest BCUT2D eigenvalue weighted by atomic mass is 9.86. The van der Waals surface area contributed by atoms with Crippen molar-refractivity contribution in [3.05, 3.63) is 17.5 Å². The molecule has 1 fully saturated rings. The van der Waals surface area contributed by atoms with Gasteiger partial charge in [0.05, 0.1) is 6.61 Å². The van der Waals surface area contributed by atoms with Gasteiger partial charge in [0, 0.05) is 23.3 Å². The number of nitrogens with one attached hydrogen (secondary N) is 1. The van der Waals surface area contributed by atoms with E-state index in [1.54, 1.807) is 0 Å². The van der Waals surface area contributed by atoms with Crippen LogP contribution in [0.15, 0.2) is 6.20 Å². The minimum absolute atomic E-state index is 0.0395. The Balaban J connectivity index is 2.12. The van der Waals surface area contributed by atoms with Gasteiger partial charge in [0.1, 0.15) is 0 Å². The topological polar surface area (TPSA) is 58.0 Å². The number of aliphatic hydroxyl groups is 1. The molecule has 2 atom stereocenters. The molecule has 1 heterocycles. The number of aromatic nitrogens is 2. The molecule has 17 heavy (non-hydrogen) atoms. The second-order valence-corrected chi connectivity index (χ2v) is 5.36. The maximum Gasteiger partial charge on any atom is 0.223 e. The fraction of sp³-hybridized carbons (Fsp3) is 0.692. The van der Waals surface area contributed by atoms with Gasteiger partial charge in [0.15, 0.2) is 0 Å². The first kappa shape index (κ1) is 12.3. The van der Waals surface area contributed by atoms with Gasteiger partial charge in [0.25, 0.3) is 0 Å². The Morgan fingerprint density at radius 3 is 2.94 bits per heavy atom. The SMILES string of the molecule is Cc1cnc(N[C@H]2CCC[C@@]2(C)CO)nc1C. The normalized spacial score (nSPS) is 28.4. The zero-order chi connectivity index (χ0) is 12.5. The van der Waals surface area contributed by atoms with Crippen LogP contribution in [0.4, 0.5) is 5.95 Å². The molecule has 0 unspecified atom stereocenters. The molecule has 1 aliphatic rings. The molecule has 2 rings (SSSR count). The monoisotopic (exact) mass is 235 g/mol. The van der Waals surface area contributed by atoms with E-state index < -0.39 is 0 Å². The van der Waals surface area contributed by atoms with E-state index in [0.29, 0.717) is 5.95 Å². The Kier molecular flexibility index (Phi) is 3.33. The maximum atomic E-state index is 9.49. The lowest BCUT2D eigenvalue weighted by Crippen LogP contribution is -2.37. The summed E-state index contributed by atoms with van der Waals surface area (Å²) in [4.78, 5) is 8.73. The first-order valence-corrected chi connectivity index (χ1v) is 6.23. The fourth-order valence-electron chi connectivity index (χ4n) is 2.42. The molecule has 0 amide bonds. The summed E-state index contributed by atoms with van der Waals surface area (Å²) >= 11 is 0. The summed E-state index contributed by atoms with van der Waals surface area (Å²) in [6.45, 7) is 6.34. The van der Waals surface area contributed by atoms with Crippen LogP contribution in [0.3, 0.4) is 0 Å². The second-order valence-electron chi connectivity index (χ2n) is 5.36. The third-order valence-electron chi connectivity index (χ3n) is 3.97. The zero-order valence-corrected chi connectivity index (χ0v) is 10.8. The average molecular weight is 235 g/mol. The molecule has 0 aliphatic heterocycles. The minimum Gasteiger partial charge on any atom is -0.396 e. The van der Waals surface area contributed by atoms with Crippen molar-refractivity contribution >= 4 is 5.95 Å². The van der Waals surface area contributed by atoms with E-state index in [1.807, 2.05) is 20.0 Å². The van der Waals surface area contributed by atoms with Crippen molar-refractivity contribution in [2.24, 2.45) is 5.41 Å². The summed E-state index contributed by atoms with van der Waals surface area (Å²) in [5, 5.41) is 12.9. The van der Waals surface area contributed by atoms with Crippen molar-refractivity contribution in [3.8, 4) is 0 Å². The third kappa shape index (κ3) is 2.41. The molecule has 1 aromatic heterocycles. The van der Waals surface area contributed by atoms with E-state index in [9.17, 15) is 5.11 Å². The van der Waals surface area contributed by atoms with Gasteiger partial charge in [-0.1, -0.05) is 13.3 Å². The quantitative estimate of drug-likeness (QED) is 0.842. The zero-order valence-electron chi connectivity index (χ0n) is 10.8. The van der Waals surface area contributed by atoms with Gasteiger partial charge in [-0.3, -0.25) is 0 Å². The Labute approximate surface area is 102 Å². The van der Waals surface area contributed by atoms with Gasteiger partial charge in [-0.2, -0.15) is 0 Å². The highest BCUT2D eigenvalue weighted by Crippen LogP contribution is 2.38. The molecule has 4 heteroatoms. The first-order chi connectivity index (χ1) is 8.05. The van der Waals surface area contributed by atoms with E-state index in [2.05, 4.69) is 22.2 Å². The van der Waals surface area contributed by atoms with E-state index in [1.165, 1.54) is 0 Å². The Morgan fingerprint density at radius 1 is 1.53 bits per heavy atom. The highest BCUT2D eigenvalue weighted by Gasteiger charge is 2.38. The summed E-state index contributed by atoms with van der Waals surface area (Å²) in [6.07, 6.45) is 5.13. The Morgan fingerprint density at radius 2 is 2.29 bits per heavy atom. The van der Waals surface area contributed by atoms with Crippen LogP contribution >= 0.6 is 0 Å². The second kappa shape index (κ2) is 4.61. The Bertz CT molecular complexity index is 408. The van der Waals surface area contributed by atoms with Crippen molar-refractivity contribution in [3.63, 3.8) is 0 Å². The average Bonchev–Trinajstić information content (AvgIpc) is 2.67. The van der Waals surface area contributed by atoms with E-state index >= 15 is 0 Å². The predicted molar refractivity (Wildman–Crippen MR) is 68.0 cm³/mol. The standard InChI is InChI=1S/C13H21N3O/c1-9-7-14-12(15-10(9)2)16-11-5-4-6-13(11,3)8-17/h7,11,17H,4-6,8H2,1-3H3,(H,14,15,16)/t11-,13-/m0/s1. The van der Waals surface area contributed by atoms with Crippen molar-refractivity contribution in [2.45, 2.75) is 46.1 Å². The van der Waals surface area contributed by atoms with Crippen LogP contribution < -0.4 is 5.32 Å². The number of hydrogen-bond donors (Lipinski definition) is 2. The molecule has 0 aromatic carbocycles. The Hall–Kier alpha value is -1.16. The predicted octanol–water partition coefficient (Wildman–Crippen LogP) is 2.06. The number of hydrogen-bond acceptors (Lipinski definition) is 4. The van der Waals surface area contributed by atoms with Crippen molar-refractivity contribution in [1.82, 2.24) is 9.97 Å². The van der Waals surface area contributed by atoms with Gasteiger partial charge in [-0.05, 0) is 32.3 Å². The highest BCUT2D eigenvalue weighted by atomic mass is 16.3. The summed E-state index contributed by atoms with van der Waals surface area (Å²) in [6, 6.07) is 0.273. The largest absolute Gasteiger partial charge is 0.396 e. The van der Waals surface area contributed by atoms with Crippen LogP contribution in [0.1, 0.15) is 37.4 Å². The molecule has 1 aromatic rings. The maximum absolute atomic E-state index is 9.49. The minimum atomic E-state index is -0.0395. The third-order valence-corrected chi connectivity index (χ3v) is 3.97. The van der Waals surface area contributed by atoms with Crippen molar-refractivity contribution in [1.29, 1.82) is 0 Å². The molecule has 2 N–H and O–H groups in total. The van der Waals surface area contributed by atoms with Gasteiger partial charge < -0.3 is 10.4 Å². The number of nitrogens with zero attached hydrogens (tertiary/aromatic N) is 2. The summed E-state index contributed by atoms with van der Waals surface area (Å²) in [5.41, 5.74) is 2.07. The van der Waals surface area contributed by atoms with Crippen LogP contribution in [0.2, 0.25) is 0 Å². The number of aryl methyl sites for hydroxylation is 2. The number of rotatable bonds is 3. The molecule has 1 saturated carbocycles. The first-order valence-electron chi connectivity index (χ1n) is 6.23. The van der Waals surface area contributed by atoms with E-state index in [4.69, 9.17) is 0 Å². The van der Waals surface area contributed by atoms with Crippen LogP contribution in [0, 0.1) is 19.3 Å². The van der Waals surface area contributed by atoms with Crippen molar-refractivity contribution < 1.29 is 5.11 Å². The van der Waals surface area contributed by atoms with Gasteiger partial charge in [-0.15, -0.1) is 0 Å². The molecule has 0 saturated heterocycles. The van der Waals surface area contributed by atoms with Gasteiger partial charge >= 0.3 is 0 Å². The lowest BCUT2D eigenvalue weighted by Gasteiger charge is -2.30. The van der Waals surface area contributed by atoms with Crippen LogP contribution in [-0.4, -0.2) is 27.7 Å². The van der Waals surface area contributed by atoms with Crippen LogP contribution in [-0.2, 0) is 0 Å². The highest BCUT2D eigenvalue weighted by molar-refractivity contribution is 5.31. The number of anilines is 1. The van der Waals surface area contributed by atoms with Crippen molar-refractivity contribution in [2.75, 3.05) is 11.9 Å². The van der Waals surface area contributed by atoms with Gasteiger partial charge in [-0.25, -0.2) is 9.97 Å². The summed E-state index contributed by atoms with van der Waals surface area (Å²) in [7, 11) is 0. The summed E-state index contributed by atoms with van der Waals surface area (Å²) < 4.78 is 0. The number of aliphatic hydroxyl groups excluding tert-OH is 1. The van der Waals surface area contributed by atoms with Gasteiger partial charge in [0.2, 0.25) is 5.95 Å². The molecule has 94 valence electrons. The lowest BCUT2D eigenvalue weighted by molar-refractivity contribution is 0.138. The molecule has 1 aliphatic carbocycles. The molecule has 4 nitrogen and oxygen atoms in total. The molecule has 0 radical (unpaired) electrons. The molecular weight excluding hydrogens is 214 g/mol. The van der Waals surface area contributed by atoms with Crippen LogP contribution in [0.25, 0.3) is 0 Å². The van der Waals surface area contributed by atoms with E-state index in [-0.39, 0.29) is 18.1 Å².